The Hall–Kier alpha value is -1.13. The Morgan fingerprint density at radius 3 is 2.79 bits per heavy atom. The van der Waals surface area contributed by atoms with Crippen LogP contribution in [0.5, 0.6) is 0 Å². The second kappa shape index (κ2) is 4.39. The number of nitrogens with two attached hydrogens (primary N) is 1. The number of aromatic amines is 1. The lowest BCUT2D eigenvalue weighted by Crippen LogP contribution is -2.12. The van der Waals surface area contributed by atoms with Crippen LogP contribution in [0.1, 0.15) is 10.4 Å². The highest BCUT2D eigenvalue weighted by molar-refractivity contribution is 8.93. The van der Waals surface area contributed by atoms with Gasteiger partial charge in [-0.1, -0.05) is 18.2 Å². The summed E-state index contributed by atoms with van der Waals surface area (Å²) < 4.78 is 0. The maximum absolute atomic E-state index is 11.3. The Kier molecular flexibility index (Phi) is 3.43. The van der Waals surface area contributed by atoms with E-state index in [-0.39, 0.29) is 29.3 Å². The number of nitrogens with one attached hydrogen (secondary N) is 1. The van der Waals surface area contributed by atoms with Gasteiger partial charge in [-0.2, -0.15) is 0 Å². The molecule has 0 aliphatic rings. The molecule has 1 aromatic heterocycles. The third kappa shape index (κ3) is 1.71. The molecule has 3 N–H and O–H groups in total. The molecular formula is C10H11BrN2O. The molecule has 0 fully saturated rings. The van der Waals surface area contributed by atoms with E-state index in [1.807, 2.05) is 24.3 Å². The summed E-state index contributed by atoms with van der Waals surface area (Å²) in [6.07, 6.45) is 1.71. The van der Waals surface area contributed by atoms with Gasteiger partial charge >= 0.3 is 0 Å². The summed E-state index contributed by atoms with van der Waals surface area (Å²) in [5.74, 6) is -0.0301. The number of benzene rings is 1. The number of H-pyrrole nitrogens is 1. The number of ketones is 1. The summed E-state index contributed by atoms with van der Waals surface area (Å²) in [7, 11) is 0. The second-order valence-electron chi connectivity index (χ2n) is 2.88. The number of carbonyl (C=O) groups is 1. The van der Waals surface area contributed by atoms with Crippen LogP contribution >= 0.6 is 17.0 Å². The Morgan fingerprint density at radius 2 is 2.07 bits per heavy atom. The molecule has 0 unspecified atom stereocenters. The lowest BCUT2D eigenvalue weighted by Gasteiger charge is -1.93. The summed E-state index contributed by atoms with van der Waals surface area (Å²) in [5, 5.41) is 0.943. The quantitative estimate of drug-likeness (QED) is 0.805. The van der Waals surface area contributed by atoms with Crippen molar-refractivity contribution >= 4 is 33.7 Å². The molecule has 0 aliphatic carbocycles. The van der Waals surface area contributed by atoms with Gasteiger partial charge in [-0.3, -0.25) is 4.79 Å². The maximum atomic E-state index is 11.3. The number of hydrogen-bond donors (Lipinski definition) is 2. The fourth-order valence-electron chi connectivity index (χ4n) is 1.41. The van der Waals surface area contributed by atoms with Gasteiger partial charge in [-0.25, -0.2) is 0 Å². The number of fused-ring (bicyclic) bond motifs is 1. The van der Waals surface area contributed by atoms with Gasteiger partial charge < -0.3 is 10.7 Å². The van der Waals surface area contributed by atoms with Crippen LogP contribution in [0.3, 0.4) is 0 Å². The molecule has 1 heterocycles. The van der Waals surface area contributed by atoms with Crippen LogP contribution in [0.4, 0.5) is 0 Å². The standard InChI is InChI=1S/C10H10N2O.BrH/c11-5-10(13)8-6-12-9-4-2-1-3-7(8)9;/h1-4,6,12H,5,11H2;1H. The molecule has 0 saturated carbocycles. The Morgan fingerprint density at radius 1 is 1.36 bits per heavy atom. The number of hydrogen-bond acceptors (Lipinski definition) is 2. The number of carbonyl (C=O) groups excluding carboxylic acids is 1. The number of halogens is 1. The fraction of sp³-hybridized carbons (Fsp3) is 0.100. The number of aromatic nitrogens is 1. The minimum absolute atomic E-state index is 0. The van der Waals surface area contributed by atoms with Crippen LogP contribution in [0.2, 0.25) is 0 Å². The number of Topliss-reactive ketones (excluding diaryl/α,β-unsaturated/α-hetero) is 1. The Labute approximate surface area is 92.1 Å². The van der Waals surface area contributed by atoms with Crippen LogP contribution in [-0.2, 0) is 0 Å². The molecule has 0 radical (unpaired) electrons. The zero-order valence-corrected chi connectivity index (χ0v) is 9.20. The van der Waals surface area contributed by atoms with E-state index in [0.29, 0.717) is 5.56 Å². The maximum Gasteiger partial charge on any atom is 0.178 e. The largest absolute Gasteiger partial charge is 0.360 e. The van der Waals surface area contributed by atoms with Crippen molar-refractivity contribution in [3.63, 3.8) is 0 Å². The molecule has 2 rings (SSSR count). The van der Waals surface area contributed by atoms with Crippen molar-refractivity contribution in [2.45, 2.75) is 0 Å². The average molecular weight is 255 g/mol. The predicted octanol–water partition coefficient (Wildman–Crippen LogP) is 1.89. The van der Waals surface area contributed by atoms with Gasteiger partial charge in [0.05, 0.1) is 6.54 Å². The van der Waals surface area contributed by atoms with Crippen molar-refractivity contribution in [2.75, 3.05) is 6.54 Å². The first kappa shape index (κ1) is 10.9. The van der Waals surface area contributed by atoms with Crippen molar-refractivity contribution in [3.05, 3.63) is 36.0 Å². The van der Waals surface area contributed by atoms with E-state index in [1.165, 1.54) is 0 Å². The third-order valence-electron chi connectivity index (χ3n) is 2.08. The Balaban J connectivity index is 0.000000980. The van der Waals surface area contributed by atoms with E-state index in [2.05, 4.69) is 4.98 Å². The van der Waals surface area contributed by atoms with Gasteiger partial charge in [-0.05, 0) is 6.07 Å². The molecule has 0 bridgehead atoms. The topological polar surface area (TPSA) is 58.9 Å². The molecule has 0 spiro atoms. The lowest BCUT2D eigenvalue weighted by molar-refractivity contribution is 0.100. The van der Waals surface area contributed by atoms with E-state index < -0.39 is 0 Å². The van der Waals surface area contributed by atoms with Crippen LogP contribution in [0.15, 0.2) is 30.5 Å². The molecule has 0 amide bonds. The first-order valence-corrected chi connectivity index (χ1v) is 4.12. The van der Waals surface area contributed by atoms with E-state index >= 15 is 0 Å². The normalized spacial score (nSPS) is 9.79. The van der Waals surface area contributed by atoms with Gasteiger partial charge in [0.15, 0.2) is 5.78 Å². The van der Waals surface area contributed by atoms with E-state index in [1.54, 1.807) is 6.20 Å². The molecule has 1 aromatic carbocycles. The molecular weight excluding hydrogens is 244 g/mol. The van der Waals surface area contributed by atoms with Crippen molar-refractivity contribution in [3.8, 4) is 0 Å². The smallest absolute Gasteiger partial charge is 0.178 e. The highest BCUT2D eigenvalue weighted by Gasteiger charge is 2.08. The molecule has 0 atom stereocenters. The number of rotatable bonds is 2. The summed E-state index contributed by atoms with van der Waals surface area (Å²) >= 11 is 0. The van der Waals surface area contributed by atoms with Crippen molar-refractivity contribution in [1.29, 1.82) is 0 Å². The molecule has 0 saturated heterocycles. The summed E-state index contributed by atoms with van der Waals surface area (Å²) in [4.78, 5) is 14.4. The van der Waals surface area contributed by atoms with Crippen LogP contribution in [0, 0.1) is 0 Å². The van der Waals surface area contributed by atoms with E-state index in [4.69, 9.17) is 5.73 Å². The van der Waals surface area contributed by atoms with Crippen molar-refractivity contribution < 1.29 is 4.79 Å². The molecule has 14 heavy (non-hydrogen) atoms. The molecule has 74 valence electrons. The monoisotopic (exact) mass is 254 g/mol. The molecule has 4 heteroatoms. The molecule has 3 nitrogen and oxygen atoms in total. The van der Waals surface area contributed by atoms with E-state index in [0.717, 1.165) is 10.9 Å². The molecule has 0 aliphatic heterocycles. The van der Waals surface area contributed by atoms with E-state index in [9.17, 15) is 4.79 Å². The summed E-state index contributed by atoms with van der Waals surface area (Å²) in [5.41, 5.74) is 6.94. The first-order valence-electron chi connectivity index (χ1n) is 4.12. The van der Waals surface area contributed by atoms with Gasteiger partial charge in [0, 0.05) is 22.7 Å². The highest BCUT2D eigenvalue weighted by atomic mass is 79.9. The zero-order chi connectivity index (χ0) is 9.26. The predicted molar refractivity (Wildman–Crippen MR) is 62.0 cm³/mol. The second-order valence-corrected chi connectivity index (χ2v) is 2.88. The van der Waals surface area contributed by atoms with Crippen LogP contribution < -0.4 is 5.73 Å². The zero-order valence-electron chi connectivity index (χ0n) is 7.49. The van der Waals surface area contributed by atoms with Crippen LogP contribution in [0.25, 0.3) is 10.9 Å². The molecule has 2 aromatic rings. The fourth-order valence-corrected chi connectivity index (χ4v) is 1.41. The van der Waals surface area contributed by atoms with Gasteiger partial charge in [-0.15, -0.1) is 17.0 Å². The van der Waals surface area contributed by atoms with Gasteiger partial charge in [0.2, 0.25) is 0 Å². The third-order valence-corrected chi connectivity index (χ3v) is 2.08. The average Bonchev–Trinajstić information content (AvgIpc) is 2.60. The minimum atomic E-state index is -0.0301. The number of para-hydroxylation sites is 1. The van der Waals surface area contributed by atoms with Gasteiger partial charge in [0.1, 0.15) is 0 Å². The van der Waals surface area contributed by atoms with Crippen molar-refractivity contribution in [1.82, 2.24) is 4.98 Å². The Bertz CT molecular complexity index is 450. The van der Waals surface area contributed by atoms with Crippen LogP contribution in [-0.4, -0.2) is 17.3 Å². The first-order chi connectivity index (χ1) is 6.33. The van der Waals surface area contributed by atoms with Gasteiger partial charge in [0.25, 0.3) is 0 Å². The lowest BCUT2D eigenvalue weighted by atomic mass is 10.1. The minimum Gasteiger partial charge on any atom is -0.360 e. The SMILES string of the molecule is Br.NCC(=O)c1c[nH]c2ccccc12. The summed E-state index contributed by atoms with van der Waals surface area (Å²) in [6.45, 7) is 0.0574. The van der Waals surface area contributed by atoms with Crippen molar-refractivity contribution in [2.24, 2.45) is 5.73 Å². The highest BCUT2D eigenvalue weighted by Crippen LogP contribution is 2.17. The summed E-state index contributed by atoms with van der Waals surface area (Å²) in [6, 6.07) is 7.68.